The summed E-state index contributed by atoms with van der Waals surface area (Å²) in [5, 5.41) is 6.57. The van der Waals surface area contributed by atoms with Crippen LogP contribution < -0.4 is 10.6 Å². The third-order valence-corrected chi connectivity index (χ3v) is 3.63. The predicted molar refractivity (Wildman–Crippen MR) is 74.5 cm³/mol. The molecule has 2 N–H and O–H groups in total. The summed E-state index contributed by atoms with van der Waals surface area (Å²) in [7, 11) is 1.84. The molecule has 1 aliphatic carbocycles. The summed E-state index contributed by atoms with van der Waals surface area (Å²) < 4.78 is 0. The highest BCUT2D eigenvalue weighted by molar-refractivity contribution is 5.23. The number of hydrogen-bond donors (Lipinski definition) is 2. The fourth-order valence-electron chi connectivity index (χ4n) is 2.50. The van der Waals surface area contributed by atoms with Crippen molar-refractivity contribution in [2.75, 3.05) is 12.4 Å². The summed E-state index contributed by atoms with van der Waals surface area (Å²) in [6.45, 7) is 0.884. The number of rotatable bonds is 4. The fraction of sp³-hybridized carbons (Fsp3) is 0.714. The van der Waals surface area contributed by atoms with Crippen LogP contribution in [-0.2, 0) is 6.54 Å². The summed E-state index contributed by atoms with van der Waals surface area (Å²) in [5.41, 5.74) is 1.16. The summed E-state index contributed by atoms with van der Waals surface area (Å²) in [5.74, 6) is 0.685. The van der Waals surface area contributed by atoms with Gasteiger partial charge in [-0.3, -0.25) is 0 Å². The van der Waals surface area contributed by atoms with Crippen molar-refractivity contribution in [2.24, 2.45) is 0 Å². The Hall–Kier alpha value is -1.16. The highest BCUT2D eigenvalue weighted by Crippen LogP contribution is 2.17. The number of aromatic nitrogens is 2. The lowest BCUT2D eigenvalue weighted by atomic mass is 9.96. The zero-order chi connectivity index (χ0) is 12.6. The number of anilines is 1. The molecule has 2 rings (SSSR count). The molecule has 0 unspecified atom stereocenters. The van der Waals surface area contributed by atoms with Crippen LogP contribution in [-0.4, -0.2) is 23.1 Å². The smallest absolute Gasteiger partial charge is 0.222 e. The minimum absolute atomic E-state index is 0.675. The molecule has 1 fully saturated rings. The van der Waals surface area contributed by atoms with Gasteiger partial charge >= 0.3 is 0 Å². The molecule has 18 heavy (non-hydrogen) atoms. The molecular formula is C14H24N4. The van der Waals surface area contributed by atoms with Crippen LogP contribution in [0.1, 0.15) is 50.5 Å². The first-order valence-corrected chi connectivity index (χ1v) is 7.10. The lowest BCUT2D eigenvalue weighted by molar-refractivity contribution is 0.388. The molecule has 0 radical (unpaired) electrons. The van der Waals surface area contributed by atoms with Gasteiger partial charge in [-0.15, -0.1) is 0 Å². The van der Waals surface area contributed by atoms with Gasteiger partial charge in [-0.2, -0.15) is 0 Å². The second kappa shape index (κ2) is 7.31. The van der Waals surface area contributed by atoms with E-state index in [9.17, 15) is 0 Å². The lowest BCUT2D eigenvalue weighted by Gasteiger charge is -2.21. The maximum Gasteiger partial charge on any atom is 0.222 e. The first-order valence-electron chi connectivity index (χ1n) is 7.10. The SMILES string of the molecule is CNc1ncc(CNC2CCCCCCC2)cn1. The molecule has 0 aliphatic heterocycles. The van der Waals surface area contributed by atoms with E-state index in [-0.39, 0.29) is 0 Å². The van der Waals surface area contributed by atoms with E-state index < -0.39 is 0 Å². The largest absolute Gasteiger partial charge is 0.357 e. The van der Waals surface area contributed by atoms with E-state index in [4.69, 9.17) is 0 Å². The van der Waals surface area contributed by atoms with Crippen molar-refractivity contribution >= 4 is 5.95 Å². The van der Waals surface area contributed by atoms with E-state index in [1.165, 1.54) is 44.9 Å². The molecule has 1 aromatic rings. The van der Waals surface area contributed by atoms with Crippen molar-refractivity contribution < 1.29 is 0 Å². The molecule has 1 aliphatic rings. The molecule has 1 heterocycles. The summed E-state index contributed by atoms with van der Waals surface area (Å²) in [6.07, 6.45) is 13.4. The first kappa shape index (κ1) is 13.3. The van der Waals surface area contributed by atoms with Gasteiger partial charge in [0.1, 0.15) is 0 Å². The van der Waals surface area contributed by atoms with Gasteiger partial charge in [-0.25, -0.2) is 9.97 Å². The zero-order valence-corrected chi connectivity index (χ0v) is 11.3. The Balaban J connectivity index is 1.78. The monoisotopic (exact) mass is 248 g/mol. The van der Waals surface area contributed by atoms with E-state index in [1.54, 1.807) is 0 Å². The minimum atomic E-state index is 0.675. The Morgan fingerprint density at radius 3 is 2.28 bits per heavy atom. The number of nitrogens with one attached hydrogen (secondary N) is 2. The van der Waals surface area contributed by atoms with Crippen LogP contribution in [0.2, 0.25) is 0 Å². The molecule has 0 bridgehead atoms. The quantitative estimate of drug-likeness (QED) is 0.860. The molecule has 0 aromatic carbocycles. The van der Waals surface area contributed by atoms with Crippen LogP contribution in [0.3, 0.4) is 0 Å². The normalized spacial score (nSPS) is 18.1. The van der Waals surface area contributed by atoms with Gasteiger partial charge in [0.25, 0.3) is 0 Å². The van der Waals surface area contributed by atoms with Crippen molar-refractivity contribution in [1.29, 1.82) is 0 Å². The second-order valence-corrected chi connectivity index (χ2v) is 5.09. The van der Waals surface area contributed by atoms with E-state index >= 15 is 0 Å². The van der Waals surface area contributed by atoms with Gasteiger partial charge in [0.15, 0.2) is 0 Å². The van der Waals surface area contributed by atoms with Gasteiger partial charge < -0.3 is 10.6 Å². The van der Waals surface area contributed by atoms with Crippen LogP contribution in [0.5, 0.6) is 0 Å². The first-order chi connectivity index (χ1) is 8.88. The highest BCUT2D eigenvalue weighted by atomic mass is 15.1. The van der Waals surface area contributed by atoms with Crippen molar-refractivity contribution in [2.45, 2.75) is 57.5 Å². The minimum Gasteiger partial charge on any atom is -0.357 e. The molecule has 0 saturated heterocycles. The van der Waals surface area contributed by atoms with Crippen LogP contribution >= 0.6 is 0 Å². The maximum absolute atomic E-state index is 4.23. The summed E-state index contributed by atoms with van der Waals surface area (Å²) in [4.78, 5) is 8.46. The average molecular weight is 248 g/mol. The molecule has 0 spiro atoms. The van der Waals surface area contributed by atoms with Crippen LogP contribution in [0.15, 0.2) is 12.4 Å². The zero-order valence-electron chi connectivity index (χ0n) is 11.3. The van der Waals surface area contributed by atoms with Crippen molar-refractivity contribution in [3.63, 3.8) is 0 Å². The van der Waals surface area contributed by atoms with Gasteiger partial charge in [0.05, 0.1) is 0 Å². The van der Waals surface area contributed by atoms with Gasteiger partial charge in [-0.05, 0) is 12.8 Å². The highest BCUT2D eigenvalue weighted by Gasteiger charge is 2.10. The Labute approximate surface area is 110 Å². The van der Waals surface area contributed by atoms with Crippen molar-refractivity contribution in [1.82, 2.24) is 15.3 Å². The fourth-order valence-corrected chi connectivity index (χ4v) is 2.50. The van der Waals surface area contributed by atoms with Crippen molar-refractivity contribution in [3.8, 4) is 0 Å². The van der Waals surface area contributed by atoms with E-state index in [0.717, 1.165) is 12.1 Å². The van der Waals surface area contributed by atoms with Crippen LogP contribution in [0.4, 0.5) is 5.95 Å². The Morgan fingerprint density at radius 1 is 1.06 bits per heavy atom. The molecule has 0 amide bonds. The summed E-state index contributed by atoms with van der Waals surface area (Å²) in [6, 6.07) is 0.675. The third kappa shape index (κ3) is 4.26. The number of nitrogens with zero attached hydrogens (tertiary/aromatic N) is 2. The Bertz CT molecular complexity index is 328. The third-order valence-electron chi connectivity index (χ3n) is 3.63. The molecule has 4 nitrogen and oxygen atoms in total. The molecule has 1 aromatic heterocycles. The van der Waals surface area contributed by atoms with E-state index in [1.807, 2.05) is 19.4 Å². The second-order valence-electron chi connectivity index (χ2n) is 5.09. The van der Waals surface area contributed by atoms with Gasteiger partial charge in [0, 0.05) is 37.6 Å². The molecule has 0 atom stereocenters. The molecule has 4 heteroatoms. The topological polar surface area (TPSA) is 49.8 Å². The lowest BCUT2D eigenvalue weighted by Crippen LogP contribution is -2.29. The molecule has 1 saturated carbocycles. The average Bonchev–Trinajstić information content (AvgIpc) is 2.38. The maximum atomic E-state index is 4.23. The van der Waals surface area contributed by atoms with Crippen LogP contribution in [0.25, 0.3) is 0 Å². The van der Waals surface area contributed by atoms with Crippen molar-refractivity contribution in [3.05, 3.63) is 18.0 Å². The Kier molecular flexibility index (Phi) is 5.39. The van der Waals surface area contributed by atoms with E-state index in [2.05, 4.69) is 20.6 Å². The molecular weight excluding hydrogens is 224 g/mol. The number of hydrogen-bond acceptors (Lipinski definition) is 4. The van der Waals surface area contributed by atoms with Crippen LogP contribution in [0, 0.1) is 0 Å². The molecule has 100 valence electrons. The predicted octanol–water partition coefficient (Wildman–Crippen LogP) is 2.72. The Morgan fingerprint density at radius 2 is 1.67 bits per heavy atom. The van der Waals surface area contributed by atoms with Gasteiger partial charge in [-0.1, -0.05) is 32.1 Å². The van der Waals surface area contributed by atoms with E-state index in [0.29, 0.717) is 12.0 Å². The standard InChI is InChI=1S/C14H24N4/c1-15-14-17-10-12(11-18-14)9-16-13-7-5-3-2-4-6-8-13/h10-11,13,16H,2-9H2,1H3,(H,15,17,18). The summed E-state index contributed by atoms with van der Waals surface area (Å²) >= 11 is 0. The van der Waals surface area contributed by atoms with Gasteiger partial charge in [0.2, 0.25) is 5.95 Å².